The van der Waals surface area contributed by atoms with Crippen molar-refractivity contribution in [3.8, 4) is 0 Å². The van der Waals surface area contributed by atoms with Crippen molar-refractivity contribution in [1.82, 2.24) is 19.8 Å². The van der Waals surface area contributed by atoms with E-state index in [9.17, 15) is 4.79 Å². The SMILES string of the molecule is CCc1cc(N2CCN(C/C=C/c3ccccc3)CC2)nc(SCc2ccc(C(=O)N(C)CC)o2)n1. The van der Waals surface area contributed by atoms with E-state index in [2.05, 4.69) is 59.2 Å². The van der Waals surface area contributed by atoms with Crippen LogP contribution in [0.4, 0.5) is 5.82 Å². The third-order valence-electron chi connectivity index (χ3n) is 6.31. The molecular formula is C28H35N5O2S. The van der Waals surface area contributed by atoms with E-state index in [0.717, 1.165) is 61.6 Å². The van der Waals surface area contributed by atoms with E-state index in [1.807, 2.05) is 19.1 Å². The number of aromatic nitrogens is 2. The van der Waals surface area contributed by atoms with E-state index in [0.29, 0.717) is 18.1 Å². The molecule has 4 rings (SSSR count). The van der Waals surface area contributed by atoms with Gasteiger partial charge in [0.15, 0.2) is 10.9 Å². The molecule has 3 heterocycles. The Hall–Kier alpha value is -3.10. The van der Waals surface area contributed by atoms with Crippen molar-refractivity contribution in [3.05, 3.63) is 77.4 Å². The minimum Gasteiger partial charge on any atom is -0.455 e. The molecule has 0 saturated carbocycles. The molecule has 0 N–H and O–H groups in total. The van der Waals surface area contributed by atoms with Crippen molar-refractivity contribution in [1.29, 1.82) is 0 Å². The van der Waals surface area contributed by atoms with Crippen LogP contribution in [0.25, 0.3) is 6.08 Å². The molecule has 1 amide bonds. The quantitative estimate of drug-likeness (QED) is 0.288. The molecular weight excluding hydrogens is 470 g/mol. The monoisotopic (exact) mass is 505 g/mol. The third-order valence-corrected chi connectivity index (χ3v) is 7.18. The van der Waals surface area contributed by atoms with Crippen LogP contribution in [0.15, 0.2) is 64.2 Å². The average molecular weight is 506 g/mol. The first-order valence-corrected chi connectivity index (χ1v) is 13.6. The number of hydrogen-bond acceptors (Lipinski definition) is 7. The van der Waals surface area contributed by atoms with Gasteiger partial charge in [-0.15, -0.1) is 0 Å². The van der Waals surface area contributed by atoms with Crippen molar-refractivity contribution in [2.75, 3.05) is 51.2 Å². The van der Waals surface area contributed by atoms with Gasteiger partial charge in [0.05, 0.1) is 5.75 Å². The number of benzene rings is 1. The number of carbonyl (C=O) groups is 1. The number of anilines is 1. The van der Waals surface area contributed by atoms with Crippen LogP contribution in [-0.2, 0) is 12.2 Å². The van der Waals surface area contributed by atoms with E-state index in [-0.39, 0.29) is 5.91 Å². The lowest BCUT2D eigenvalue weighted by atomic mass is 10.2. The second-order valence-corrected chi connectivity index (χ2v) is 9.77. The number of thioether (sulfide) groups is 1. The summed E-state index contributed by atoms with van der Waals surface area (Å²) in [5, 5.41) is 0.743. The number of amides is 1. The normalized spacial score (nSPS) is 14.5. The number of nitrogens with zero attached hydrogens (tertiary/aromatic N) is 5. The minimum absolute atomic E-state index is 0.102. The van der Waals surface area contributed by atoms with Gasteiger partial charge < -0.3 is 14.2 Å². The molecule has 0 unspecified atom stereocenters. The highest BCUT2D eigenvalue weighted by molar-refractivity contribution is 7.98. The van der Waals surface area contributed by atoms with Crippen molar-refractivity contribution < 1.29 is 9.21 Å². The average Bonchev–Trinajstić information content (AvgIpc) is 3.41. The van der Waals surface area contributed by atoms with Crippen LogP contribution in [-0.4, -0.2) is 72.0 Å². The fourth-order valence-electron chi connectivity index (χ4n) is 3.97. The van der Waals surface area contributed by atoms with Crippen molar-refractivity contribution in [2.45, 2.75) is 31.2 Å². The predicted molar refractivity (Wildman–Crippen MR) is 146 cm³/mol. The van der Waals surface area contributed by atoms with Crippen LogP contribution < -0.4 is 4.90 Å². The Morgan fingerprint density at radius 2 is 1.86 bits per heavy atom. The molecule has 0 radical (unpaired) electrons. The van der Waals surface area contributed by atoms with Crippen molar-refractivity contribution >= 4 is 29.6 Å². The number of furan rings is 1. The summed E-state index contributed by atoms with van der Waals surface area (Å²) in [4.78, 5) is 28.3. The lowest BCUT2D eigenvalue weighted by Gasteiger charge is -2.35. The smallest absolute Gasteiger partial charge is 0.289 e. The molecule has 0 bridgehead atoms. The molecule has 2 aromatic heterocycles. The molecule has 7 nitrogen and oxygen atoms in total. The summed E-state index contributed by atoms with van der Waals surface area (Å²) in [6.07, 6.45) is 5.29. The molecule has 0 aliphatic carbocycles. The molecule has 1 aliphatic heterocycles. The van der Waals surface area contributed by atoms with Gasteiger partial charge in [-0.3, -0.25) is 9.69 Å². The lowest BCUT2D eigenvalue weighted by Crippen LogP contribution is -2.46. The highest BCUT2D eigenvalue weighted by Gasteiger charge is 2.19. The van der Waals surface area contributed by atoms with E-state index >= 15 is 0 Å². The van der Waals surface area contributed by atoms with E-state index in [1.165, 1.54) is 5.56 Å². The summed E-state index contributed by atoms with van der Waals surface area (Å²) in [5.74, 6) is 2.59. The van der Waals surface area contributed by atoms with E-state index in [4.69, 9.17) is 14.4 Å². The number of rotatable bonds is 10. The minimum atomic E-state index is -0.102. The maximum absolute atomic E-state index is 12.3. The first-order valence-electron chi connectivity index (χ1n) is 12.6. The Bertz CT molecular complexity index is 1160. The van der Waals surface area contributed by atoms with Gasteiger partial charge in [-0.25, -0.2) is 9.97 Å². The van der Waals surface area contributed by atoms with Crippen LogP contribution in [0, 0.1) is 0 Å². The Balaban J connectivity index is 1.33. The van der Waals surface area contributed by atoms with Gasteiger partial charge in [0.25, 0.3) is 5.91 Å². The van der Waals surface area contributed by atoms with Crippen LogP contribution >= 0.6 is 11.8 Å². The first kappa shape index (κ1) is 26.0. The Morgan fingerprint density at radius 1 is 1.08 bits per heavy atom. The Morgan fingerprint density at radius 3 is 2.58 bits per heavy atom. The molecule has 8 heteroatoms. The summed E-state index contributed by atoms with van der Waals surface area (Å²) in [7, 11) is 1.77. The van der Waals surface area contributed by atoms with Gasteiger partial charge >= 0.3 is 0 Å². The molecule has 1 aromatic carbocycles. The maximum atomic E-state index is 12.3. The summed E-state index contributed by atoms with van der Waals surface area (Å²) in [5.41, 5.74) is 2.27. The summed E-state index contributed by atoms with van der Waals surface area (Å²) >= 11 is 1.54. The van der Waals surface area contributed by atoms with Crippen LogP contribution in [0.2, 0.25) is 0 Å². The maximum Gasteiger partial charge on any atom is 0.289 e. The van der Waals surface area contributed by atoms with E-state index < -0.39 is 0 Å². The zero-order valence-corrected chi connectivity index (χ0v) is 22.2. The van der Waals surface area contributed by atoms with Crippen LogP contribution in [0.3, 0.4) is 0 Å². The second-order valence-electron chi connectivity index (χ2n) is 8.83. The van der Waals surface area contributed by atoms with Crippen LogP contribution in [0.1, 0.15) is 41.4 Å². The third kappa shape index (κ3) is 6.98. The van der Waals surface area contributed by atoms with Crippen molar-refractivity contribution in [3.63, 3.8) is 0 Å². The zero-order chi connectivity index (χ0) is 25.3. The Kier molecular flexibility index (Phi) is 9.19. The number of piperazine rings is 1. The summed E-state index contributed by atoms with van der Waals surface area (Å²) in [6.45, 7) is 9.54. The Labute approximate surface area is 218 Å². The van der Waals surface area contributed by atoms with Gasteiger partial charge in [0.1, 0.15) is 11.6 Å². The molecule has 1 aliphatic rings. The van der Waals surface area contributed by atoms with Gasteiger partial charge in [-0.1, -0.05) is 61.2 Å². The van der Waals surface area contributed by atoms with Gasteiger partial charge in [0.2, 0.25) is 0 Å². The first-order chi connectivity index (χ1) is 17.6. The number of aryl methyl sites for hydroxylation is 1. The number of hydrogen-bond donors (Lipinski definition) is 0. The fourth-order valence-corrected chi connectivity index (χ4v) is 4.73. The topological polar surface area (TPSA) is 65.7 Å². The highest BCUT2D eigenvalue weighted by atomic mass is 32.2. The summed E-state index contributed by atoms with van der Waals surface area (Å²) < 4.78 is 5.78. The highest BCUT2D eigenvalue weighted by Crippen LogP contribution is 2.25. The summed E-state index contributed by atoms with van der Waals surface area (Å²) in [6, 6.07) is 16.1. The fraction of sp³-hybridized carbons (Fsp3) is 0.393. The standard InChI is InChI=1S/C28H35N5O2S/c1-4-23-20-26(33-18-16-32(17-19-33)15-9-12-22-10-7-6-8-11-22)30-28(29-23)36-21-24-13-14-25(35-24)27(34)31(3)5-2/h6-14,20H,4-5,15-19,21H2,1-3H3/b12-9+. The molecule has 36 heavy (non-hydrogen) atoms. The van der Waals surface area contributed by atoms with Crippen LogP contribution in [0.5, 0.6) is 0 Å². The predicted octanol–water partition coefficient (Wildman–Crippen LogP) is 4.85. The van der Waals surface area contributed by atoms with Gasteiger partial charge in [-0.2, -0.15) is 0 Å². The number of carbonyl (C=O) groups excluding carboxylic acids is 1. The van der Waals surface area contributed by atoms with Crippen molar-refractivity contribution in [2.24, 2.45) is 0 Å². The molecule has 190 valence electrons. The molecule has 3 aromatic rings. The van der Waals surface area contributed by atoms with Gasteiger partial charge in [-0.05, 0) is 31.0 Å². The molecule has 0 atom stereocenters. The lowest BCUT2D eigenvalue weighted by molar-refractivity contribution is 0.0769. The molecule has 1 fully saturated rings. The largest absolute Gasteiger partial charge is 0.455 e. The molecule has 0 spiro atoms. The van der Waals surface area contributed by atoms with E-state index in [1.54, 1.807) is 29.8 Å². The molecule has 1 saturated heterocycles. The van der Waals surface area contributed by atoms with Gasteiger partial charge in [0, 0.05) is 58.1 Å². The zero-order valence-electron chi connectivity index (χ0n) is 21.4. The second kappa shape index (κ2) is 12.7.